The number of rotatable bonds is 2. The van der Waals surface area contributed by atoms with E-state index in [1.54, 1.807) is 30.6 Å². The molecule has 2 heterocycles. The van der Waals surface area contributed by atoms with Crippen LogP contribution in [0.4, 0.5) is 0 Å². The molecule has 0 aliphatic heterocycles. The molecule has 0 fully saturated rings. The third kappa shape index (κ3) is 2.20. The first-order valence-corrected chi connectivity index (χ1v) is 5.65. The molecule has 2 rings (SSSR count). The number of halogens is 2. The molecular formula is C10H5Cl2NOS. The lowest BCUT2D eigenvalue weighted by atomic mass is 10.1. The number of ketones is 1. The van der Waals surface area contributed by atoms with Gasteiger partial charge in [0, 0.05) is 18.0 Å². The van der Waals surface area contributed by atoms with Gasteiger partial charge in [0.25, 0.3) is 0 Å². The third-order valence-electron chi connectivity index (χ3n) is 1.84. The van der Waals surface area contributed by atoms with Gasteiger partial charge in [-0.1, -0.05) is 23.2 Å². The number of hydrogen-bond acceptors (Lipinski definition) is 3. The van der Waals surface area contributed by atoms with Crippen LogP contribution in [-0.2, 0) is 0 Å². The molecular weight excluding hydrogens is 253 g/mol. The minimum absolute atomic E-state index is 0.134. The highest BCUT2D eigenvalue weighted by Crippen LogP contribution is 2.32. The Balaban J connectivity index is 2.41. The lowest BCUT2D eigenvalue weighted by Crippen LogP contribution is -1.99. The predicted octanol–water partition coefficient (Wildman–Crippen LogP) is 3.68. The van der Waals surface area contributed by atoms with Gasteiger partial charge >= 0.3 is 0 Å². The lowest BCUT2D eigenvalue weighted by Gasteiger charge is -1.97. The quantitative estimate of drug-likeness (QED) is 0.769. The van der Waals surface area contributed by atoms with Gasteiger partial charge in [-0.05, 0) is 18.2 Å². The Hall–Kier alpha value is -0.900. The highest BCUT2D eigenvalue weighted by atomic mass is 35.5. The Morgan fingerprint density at radius 2 is 1.93 bits per heavy atom. The second-order valence-corrected chi connectivity index (χ2v) is 5.09. The number of aromatic nitrogens is 1. The van der Waals surface area contributed by atoms with E-state index >= 15 is 0 Å². The van der Waals surface area contributed by atoms with Gasteiger partial charge in [0.2, 0.25) is 0 Å². The molecule has 0 aliphatic carbocycles. The Labute approximate surface area is 100 Å². The zero-order chi connectivity index (χ0) is 10.8. The first-order valence-electron chi connectivity index (χ1n) is 4.08. The van der Waals surface area contributed by atoms with Crippen molar-refractivity contribution in [3.63, 3.8) is 0 Å². The van der Waals surface area contributed by atoms with Crippen LogP contribution in [0.1, 0.15) is 15.9 Å². The molecule has 0 aromatic carbocycles. The highest BCUT2D eigenvalue weighted by molar-refractivity contribution is 7.20. The standard InChI is InChI=1S/C10H5Cl2NOS/c11-8-5-7(10(12)15-8)9(14)6-1-3-13-4-2-6/h1-5H. The Morgan fingerprint density at radius 1 is 1.27 bits per heavy atom. The van der Waals surface area contributed by atoms with Crippen LogP contribution in [0.25, 0.3) is 0 Å². The smallest absolute Gasteiger partial charge is 0.195 e. The third-order valence-corrected chi connectivity index (χ3v) is 3.33. The largest absolute Gasteiger partial charge is 0.289 e. The molecule has 0 saturated heterocycles. The summed E-state index contributed by atoms with van der Waals surface area (Å²) in [5.74, 6) is -0.134. The van der Waals surface area contributed by atoms with Crippen LogP contribution in [0.5, 0.6) is 0 Å². The number of nitrogens with zero attached hydrogens (tertiary/aromatic N) is 1. The summed E-state index contributed by atoms with van der Waals surface area (Å²) in [5, 5.41) is 0. The second-order valence-electron chi connectivity index (χ2n) is 2.80. The van der Waals surface area contributed by atoms with E-state index in [4.69, 9.17) is 23.2 Å². The molecule has 76 valence electrons. The predicted molar refractivity (Wildman–Crippen MR) is 62.0 cm³/mol. The van der Waals surface area contributed by atoms with E-state index in [2.05, 4.69) is 4.98 Å². The van der Waals surface area contributed by atoms with Crippen molar-refractivity contribution in [2.45, 2.75) is 0 Å². The van der Waals surface area contributed by atoms with Crippen molar-refractivity contribution >= 4 is 40.3 Å². The molecule has 2 nitrogen and oxygen atoms in total. The molecule has 0 amide bonds. The van der Waals surface area contributed by atoms with Gasteiger partial charge in [-0.15, -0.1) is 11.3 Å². The molecule has 2 aromatic rings. The zero-order valence-electron chi connectivity index (χ0n) is 7.41. The first-order chi connectivity index (χ1) is 7.18. The summed E-state index contributed by atoms with van der Waals surface area (Å²) < 4.78 is 0.930. The summed E-state index contributed by atoms with van der Waals surface area (Å²) in [4.78, 5) is 15.8. The average Bonchev–Trinajstić information content (AvgIpc) is 2.58. The molecule has 0 saturated carbocycles. The maximum absolute atomic E-state index is 11.9. The Bertz CT molecular complexity index is 495. The van der Waals surface area contributed by atoms with Crippen LogP contribution < -0.4 is 0 Å². The highest BCUT2D eigenvalue weighted by Gasteiger charge is 2.15. The summed E-state index contributed by atoms with van der Waals surface area (Å²) >= 11 is 12.8. The maximum Gasteiger partial charge on any atom is 0.195 e. The summed E-state index contributed by atoms with van der Waals surface area (Å²) in [7, 11) is 0. The lowest BCUT2D eigenvalue weighted by molar-refractivity contribution is 0.103. The monoisotopic (exact) mass is 257 g/mol. The van der Waals surface area contributed by atoms with Crippen LogP contribution in [0.2, 0.25) is 8.67 Å². The van der Waals surface area contributed by atoms with Gasteiger partial charge in [0.15, 0.2) is 5.78 Å². The van der Waals surface area contributed by atoms with Crippen molar-refractivity contribution in [1.29, 1.82) is 0 Å². The van der Waals surface area contributed by atoms with E-state index < -0.39 is 0 Å². The van der Waals surface area contributed by atoms with Gasteiger partial charge in [0.1, 0.15) is 4.34 Å². The van der Waals surface area contributed by atoms with Crippen molar-refractivity contribution in [3.8, 4) is 0 Å². The van der Waals surface area contributed by atoms with Gasteiger partial charge < -0.3 is 0 Å². The molecule has 0 unspecified atom stereocenters. The van der Waals surface area contributed by atoms with E-state index in [1.807, 2.05) is 0 Å². The van der Waals surface area contributed by atoms with E-state index in [0.717, 1.165) is 0 Å². The van der Waals surface area contributed by atoms with Crippen LogP contribution in [0, 0.1) is 0 Å². The fourth-order valence-electron chi connectivity index (χ4n) is 1.15. The van der Waals surface area contributed by atoms with Gasteiger partial charge in [-0.3, -0.25) is 9.78 Å². The van der Waals surface area contributed by atoms with Crippen LogP contribution in [-0.4, -0.2) is 10.8 Å². The number of thiophene rings is 1. The van der Waals surface area contributed by atoms with E-state index in [0.29, 0.717) is 19.8 Å². The number of pyridine rings is 1. The molecule has 0 radical (unpaired) electrons. The Morgan fingerprint density at radius 3 is 2.47 bits per heavy atom. The molecule has 2 aromatic heterocycles. The first kappa shape index (κ1) is 10.6. The van der Waals surface area contributed by atoms with Crippen molar-refractivity contribution in [3.05, 3.63) is 50.4 Å². The molecule has 0 N–H and O–H groups in total. The molecule has 0 spiro atoms. The van der Waals surface area contributed by atoms with E-state index in [9.17, 15) is 4.79 Å². The minimum Gasteiger partial charge on any atom is -0.289 e. The zero-order valence-corrected chi connectivity index (χ0v) is 9.73. The van der Waals surface area contributed by atoms with Gasteiger partial charge in [-0.25, -0.2) is 0 Å². The normalized spacial score (nSPS) is 10.3. The summed E-state index contributed by atoms with van der Waals surface area (Å²) in [6, 6.07) is 4.87. The fraction of sp³-hybridized carbons (Fsp3) is 0. The molecule has 0 atom stereocenters. The van der Waals surface area contributed by atoms with Crippen molar-refractivity contribution < 1.29 is 4.79 Å². The number of carbonyl (C=O) groups excluding carboxylic acids is 1. The van der Waals surface area contributed by atoms with Crippen molar-refractivity contribution in [2.24, 2.45) is 0 Å². The Kier molecular flexibility index (Phi) is 3.05. The average molecular weight is 258 g/mol. The second kappa shape index (κ2) is 4.31. The number of carbonyl (C=O) groups is 1. The topological polar surface area (TPSA) is 30.0 Å². The van der Waals surface area contributed by atoms with Crippen LogP contribution in [0.3, 0.4) is 0 Å². The van der Waals surface area contributed by atoms with E-state index in [-0.39, 0.29) is 5.78 Å². The minimum atomic E-state index is -0.134. The van der Waals surface area contributed by atoms with Crippen LogP contribution >= 0.6 is 34.5 Å². The van der Waals surface area contributed by atoms with E-state index in [1.165, 1.54) is 11.3 Å². The molecule has 5 heteroatoms. The number of hydrogen-bond donors (Lipinski definition) is 0. The van der Waals surface area contributed by atoms with Gasteiger partial charge in [0.05, 0.1) is 9.90 Å². The summed E-state index contributed by atoms with van der Waals surface area (Å²) in [6.07, 6.45) is 3.13. The van der Waals surface area contributed by atoms with Gasteiger partial charge in [-0.2, -0.15) is 0 Å². The van der Waals surface area contributed by atoms with Crippen molar-refractivity contribution in [2.75, 3.05) is 0 Å². The molecule has 0 aliphatic rings. The molecule has 15 heavy (non-hydrogen) atoms. The SMILES string of the molecule is O=C(c1ccncc1)c1cc(Cl)sc1Cl. The maximum atomic E-state index is 11.9. The van der Waals surface area contributed by atoms with Crippen LogP contribution in [0.15, 0.2) is 30.6 Å². The fourth-order valence-corrected chi connectivity index (χ4v) is 2.61. The van der Waals surface area contributed by atoms with Crippen molar-refractivity contribution in [1.82, 2.24) is 4.98 Å². The summed E-state index contributed by atoms with van der Waals surface area (Å²) in [6.45, 7) is 0. The molecule has 0 bridgehead atoms. The summed E-state index contributed by atoms with van der Waals surface area (Å²) in [5.41, 5.74) is 0.999.